The third kappa shape index (κ3) is 5.63. The molecule has 0 spiro atoms. The van der Waals surface area contributed by atoms with Gasteiger partial charge in [0.2, 0.25) is 5.91 Å². The number of halogens is 1. The zero-order valence-electron chi connectivity index (χ0n) is 16.4. The number of benzene rings is 2. The number of carbonyl (C=O) groups is 1. The van der Waals surface area contributed by atoms with Crippen LogP contribution in [-0.4, -0.2) is 44.7 Å². The fourth-order valence-electron chi connectivity index (χ4n) is 3.61. The highest BCUT2D eigenvalue weighted by atomic mass is 35.5. The number of nitrogens with zero attached hydrogens (tertiary/aromatic N) is 1. The van der Waals surface area contributed by atoms with Crippen molar-refractivity contribution in [1.29, 1.82) is 0 Å². The van der Waals surface area contributed by atoms with Crippen molar-refractivity contribution >= 4 is 23.2 Å². The van der Waals surface area contributed by atoms with E-state index in [-0.39, 0.29) is 5.91 Å². The smallest absolute Gasteiger partial charge is 0.238 e. The second kappa shape index (κ2) is 9.80. The molecule has 1 saturated heterocycles. The van der Waals surface area contributed by atoms with Gasteiger partial charge in [0.05, 0.1) is 26.5 Å². The van der Waals surface area contributed by atoms with Crippen LogP contribution in [0.2, 0.25) is 5.02 Å². The summed E-state index contributed by atoms with van der Waals surface area (Å²) in [6.07, 6.45) is 3.27. The third-order valence-corrected chi connectivity index (χ3v) is 5.43. The zero-order valence-corrected chi connectivity index (χ0v) is 17.2. The molecule has 28 heavy (non-hydrogen) atoms. The van der Waals surface area contributed by atoms with E-state index < -0.39 is 0 Å². The number of hydrogen-bond donors (Lipinski definition) is 1. The molecule has 0 bridgehead atoms. The van der Waals surface area contributed by atoms with Crippen LogP contribution in [-0.2, 0) is 11.2 Å². The molecular formula is C22H27ClN2O3. The van der Waals surface area contributed by atoms with E-state index in [1.54, 1.807) is 32.4 Å². The molecular weight excluding hydrogens is 376 g/mol. The molecule has 0 atom stereocenters. The Morgan fingerprint density at radius 1 is 1.11 bits per heavy atom. The van der Waals surface area contributed by atoms with Crippen LogP contribution in [0.15, 0.2) is 42.5 Å². The first kappa shape index (κ1) is 20.5. The van der Waals surface area contributed by atoms with Crippen LogP contribution >= 0.6 is 11.6 Å². The normalized spacial score (nSPS) is 15.2. The Bertz CT molecular complexity index is 787. The summed E-state index contributed by atoms with van der Waals surface area (Å²) in [6, 6.07) is 13.5. The van der Waals surface area contributed by atoms with E-state index in [2.05, 4.69) is 22.3 Å². The quantitative estimate of drug-likeness (QED) is 0.752. The largest absolute Gasteiger partial charge is 0.497 e. The summed E-state index contributed by atoms with van der Waals surface area (Å²) in [4.78, 5) is 14.6. The Labute approximate surface area is 171 Å². The van der Waals surface area contributed by atoms with Crippen LogP contribution in [0.4, 0.5) is 5.69 Å². The van der Waals surface area contributed by atoms with Gasteiger partial charge in [0.25, 0.3) is 0 Å². The zero-order chi connectivity index (χ0) is 19.9. The molecule has 0 unspecified atom stereocenters. The molecule has 2 aromatic rings. The van der Waals surface area contributed by atoms with Gasteiger partial charge in [-0.05, 0) is 74.2 Å². The lowest BCUT2D eigenvalue weighted by molar-refractivity contribution is -0.117. The summed E-state index contributed by atoms with van der Waals surface area (Å²) in [5, 5.41) is 3.47. The predicted octanol–water partition coefficient (Wildman–Crippen LogP) is 4.25. The van der Waals surface area contributed by atoms with Gasteiger partial charge in [0, 0.05) is 5.02 Å². The molecule has 2 aromatic carbocycles. The van der Waals surface area contributed by atoms with Crippen molar-refractivity contribution in [1.82, 2.24) is 4.90 Å². The molecule has 1 aliphatic heterocycles. The second-order valence-electron chi connectivity index (χ2n) is 7.16. The predicted molar refractivity (Wildman–Crippen MR) is 112 cm³/mol. The van der Waals surface area contributed by atoms with Crippen molar-refractivity contribution in [2.24, 2.45) is 5.92 Å². The van der Waals surface area contributed by atoms with Gasteiger partial charge in [0.15, 0.2) is 0 Å². The summed E-state index contributed by atoms with van der Waals surface area (Å²) < 4.78 is 10.5. The van der Waals surface area contributed by atoms with E-state index in [1.165, 1.54) is 5.56 Å². The first-order valence-electron chi connectivity index (χ1n) is 9.56. The number of piperidine rings is 1. The molecule has 1 fully saturated rings. The Balaban J connectivity index is 1.46. The van der Waals surface area contributed by atoms with E-state index in [0.29, 0.717) is 28.9 Å². The lowest BCUT2D eigenvalue weighted by atomic mass is 9.90. The van der Waals surface area contributed by atoms with Crippen LogP contribution in [0.3, 0.4) is 0 Å². The molecule has 1 amide bonds. The van der Waals surface area contributed by atoms with Crippen molar-refractivity contribution in [2.45, 2.75) is 19.3 Å². The van der Waals surface area contributed by atoms with E-state index >= 15 is 0 Å². The van der Waals surface area contributed by atoms with E-state index in [1.807, 2.05) is 12.1 Å². The average molecular weight is 403 g/mol. The number of hydrogen-bond acceptors (Lipinski definition) is 4. The maximum atomic E-state index is 12.4. The molecule has 0 aromatic heterocycles. The van der Waals surface area contributed by atoms with Crippen LogP contribution in [0.25, 0.3) is 0 Å². The lowest BCUT2D eigenvalue weighted by Gasteiger charge is -2.31. The minimum Gasteiger partial charge on any atom is -0.497 e. The first-order chi connectivity index (χ1) is 13.6. The van der Waals surface area contributed by atoms with Crippen molar-refractivity contribution in [3.63, 3.8) is 0 Å². The molecule has 6 heteroatoms. The van der Waals surface area contributed by atoms with Gasteiger partial charge < -0.3 is 14.8 Å². The van der Waals surface area contributed by atoms with Gasteiger partial charge in [-0.3, -0.25) is 9.69 Å². The van der Waals surface area contributed by atoms with E-state index in [4.69, 9.17) is 21.1 Å². The Morgan fingerprint density at radius 3 is 2.46 bits per heavy atom. The van der Waals surface area contributed by atoms with Crippen LogP contribution in [0.1, 0.15) is 18.4 Å². The molecule has 1 heterocycles. The minimum atomic E-state index is -0.0471. The number of methoxy groups -OCH3 is 2. The number of ether oxygens (including phenoxy) is 2. The summed E-state index contributed by atoms with van der Waals surface area (Å²) >= 11 is 6.02. The third-order valence-electron chi connectivity index (χ3n) is 5.19. The topological polar surface area (TPSA) is 50.8 Å². The van der Waals surface area contributed by atoms with Gasteiger partial charge >= 0.3 is 0 Å². The summed E-state index contributed by atoms with van der Waals surface area (Å²) in [5.41, 5.74) is 1.94. The number of rotatable bonds is 7. The van der Waals surface area contributed by atoms with Crippen molar-refractivity contribution in [3.8, 4) is 11.5 Å². The summed E-state index contributed by atoms with van der Waals surface area (Å²) in [5.74, 6) is 2.10. The second-order valence-corrected chi connectivity index (χ2v) is 7.60. The highest BCUT2D eigenvalue weighted by molar-refractivity contribution is 6.31. The standard InChI is InChI=1S/C22H27ClN2O3/c1-27-19-6-3-16(4-7-19)13-17-9-11-25(12-10-17)15-22(26)24-20-14-18(23)5-8-21(20)28-2/h3-8,14,17H,9-13,15H2,1-2H3,(H,24,26). The maximum Gasteiger partial charge on any atom is 0.238 e. The molecule has 150 valence electrons. The SMILES string of the molecule is COc1ccc(CC2CCN(CC(=O)Nc3cc(Cl)ccc3OC)CC2)cc1. The van der Waals surface area contributed by atoms with Crippen LogP contribution in [0, 0.1) is 5.92 Å². The van der Waals surface area contributed by atoms with Gasteiger partial charge in [-0.2, -0.15) is 0 Å². The van der Waals surface area contributed by atoms with Crippen molar-refractivity contribution in [2.75, 3.05) is 39.2 Å². The van der Waals surface area contributed by atoms with Crippen LogP contribution in [0.5, 0.6) is 11.5 Å². The Kier molecular flexibility index (Phi) is 7.18. The maximum absolute atomic E-state index is 12.4. The van der Waals surface area contributed by atoms with Gasteiger partial charge in [0.1, 0.15) is 11.5 Å². The molecule has 0 radical (unpaired) electrons. The van der Waals surface area contributed by atoms with Crippen molar-refractivity contribution in [3.05, 3.63) is 53.1 Å². The highest BCUT2D eigenvalue weighted by Crippen LogP contribution is 2.28. The molecule has 5 nitrogen and oxygen atoms in total. The van der Waals surface area contributed by atoms with Gasteiger partial charge in [-0.25, -0.2) is 0 Å². The summed E-state index contributed by atoms with van der Waals surface area (Å²) in [6.45, 7) is 2.24. The monoisotopic (exact) mass is 402 g/mol. The van der Waals surface area contributed by atoms with E-state index in [9.17, 15) is 4.79 Å². The fraction of sp³-hybridized carbons (Fsp3) is 0.409. The Morgan fingerprint density at radius 2 is 1.82 bits per heavy atom. The highest BCUT2D eigenvalue weighted by Gasteiger charge is 2.21. The number of anilines is 1. The average Bonchev–Trinajstić information content (AvgIpc) is 2.70. The molecule has 0 aliphatic carbocycles. The number of nitrogens with one attached hydrogen (secondary N) is 1. The molecule has 3 rings (SSSR count). The van der Waals surface area contributed by atoms with Gasteiger partial charge in [-0.1, -0.05) is 23.7 Å². The number of carbonyl (C=O) groups excluding carboxylic acids is 1. The fourth-order valence-corrected chi connectivity index (χ4v) is 3.79. The number of amides is 1. The Hall–Kier alpha value is -2.24. The first-order valence-corrected chi connectivity index (χ1v) is 9.94. The lowest BCUT2D eigenvalue weighted by Crippen LogP contribution is -2.39. The van der Waals surface area contributed by atoms with Crippen molar-refractivity contribution < 1.29 is 14.3 Å². The van der Waals surface area contributed by atoms with E-state index in [0.717, 1.165) is 38.1 Å². The summed E-state index contributed by atoms with van der Waals surface area (Å²) in [7, 11) is 3.26. The number of likely N-dealkylation sites (tertiary alicyclic amines) is 1. The minimum absolute atomic E-state index is 0.0471. The molecule has 1 aliphatic rings. The molecule has 0 saturated carbocycles. The van der Waals surface area contributed by atoms with Gasteiger partial charge in [-0.15, -0.1) is 0 Å². The molecule has 1 N–H and O–H groups in total. The van der Waals surface area contributed by atoms with Crippen LogP contribution < -0.4 is 14.8 Å².